The summed E-state index contributed by atoms with van der Waals surface area (Å²) >= 11 is 7.79. The van der Waals surface area contributed by atoms with E-state index in [9.17, 15) is 4.79 Å². The predicted octanol–water partition coefficient (Wildman–Crippen LogP) is 3.56. The zero-order chi connectivity index (χ0) is 15.0. The molecule has 21 heavy (non-hydrogen) atoms. The van der Waals surface area contributed by atoms with E-state index in [4.69, 9.17) is 11.6 Å². The van der Waals surface area contributed by atoms with Gasteiger partial charge in [-0.25, -0.2) is 0 Å². The maximum atomic E-state index is 12.6. The van der Waals surface area contributed by atoms with Crippen molar-refractivity contribution in [2.24, 2.45) is 7.05 Å². The Labute approximate surface area is 131 Å². The van der Waals surface area contributed by atoms with Gasteiger partial charge in [0.25, 0.3) is 5.91 Å². The van der Waals surface area contributed by atoms with Crippen LogP contribution in [0.4, 0.5) is 0 Å². The number of halogens is 1. The molecule has 0 radical (unpaired) electrons. The van der Waals surface area contributed by atoms with E-state index >= 15 is 0 Å². The molecule has 3 aromatic rings. The first-order valence-corrected chi connectivity index (χ1v) is 7.66. The highest BCUT2D eigenvalue weighted by molar-refractivity contribution is 7.21. The number of aryl methyl sites for hydroxylation is 1. The van der Waals surface area contributed by atoms with E-state index in [0.717, 1.165) is 15.8 Å². The van der Waals surface area contributed by atoms with Gasteiger partial charge in [0, 0.05) is 30.4 Å². The average molecular weight is 320 g/mol. The Morgan fingerprint density at radius 2 is 2.14 bits per heavy atom. The van der Waals surface area contributed by atoms with Crippen LogP contribution in [0.2, 0.25) is 5.02 Å². The van der Waals surface area contributed by atoms with Crippen molar-refractivity contribution < 1.29 is 4.79 Å². The van der Waals surface area contributed by atoms with Gasteiger partial charge in [-0.05, 0) is 12.1 Å². The molecule has 0 aliphatic carbocycles. The van der Waals surface area contributed by atoms with Gasteiger partial charge in [0.2, 0.25) is 0 Å². The first-order valence-electron chi connectivity index (χ1n) is 6.47. The maximum Gasteiger partial charge on any atom is 0.265 e. The molecule has 0 bridgehead atoms. The van der Waals surface area contributed by atoms with Gasteiger partial charge in [0.1, 0.15) is 4.88 Å². The van der Waals surface area contributed by atoms with Crippen molar-refractivity contribution >= 4 is 38.9 Å². The van der Waals surface area contributed by atoms with Crippen molar-refractivity contribution in [3.05, 3.63) is 52.1 Å². The van der Waals surface area contributed by atoms with Crippen molar-refractivity contribution in [2.75, 3.05) is 7.05 Å². The summed E-state index contributed by atoms with van der Waals surface area (Å²) in [5.41, 5.74) is 0.975. The molecule has 2 aromatic heterocycles. The highest BCUT2D eigenvalue weighted by Crippen LogP contribution is 2.35. The van der Waals surface area contributed by atoms with Gasteiger partial charge in [0.15, 0.2) is 0 Å². The topological polar surface area (TPSA) is 38.1 Å². The minimum atomic E-state index is -0.0672. The summed E-state index contributed by atoms with van der Waals surface area (Å²) < 4.78 is 2.79. The average Bonchev–Trinajstić information content (AvgIpc) is 3.03. The Morgan fingerprint density at radius 3 is 2.81 bits per heavy atom. The smallest absolute Gasteiger partial charge is 0.265 e. The second-order valence-electron chi connectivity index (χ2n) is 4.85. The fourth-order valence-electron chi connectivity index (χ4n) is 2.20. The molecule has 0 saturated carbocycles. The molecule has 0 aliphatic heterocycles. The van der Waals surface area contributed by atoms with Crippen molar-refractivity contribution in [1.82, 2.24) is 14.7 Å². The van der Waals surface area contributed by atoms with Crippen LogP contribution in [0.25, 0.3) is 10.1 Å². The van der Waals surface area contributed by atoms with Crippen molar-refractivity contribution in [2.45, 2.75) is 6.54 Å². The number of aromatic nitrogens is 2. The normalized spacial score (nSPS) is 11.0. The Morgan fingerprint density at radius 1 is 1.38 bits per heavy atom. The summed E-state index contributed by atoms with van der Waals surface area (Å²) in [4.78, 5) is 14.8. The molecular weight excluding hydrogens is 306 g/mol. The van der Waals surface area contributed by atoms with Crippen LogP contribution in [-0.2, 0) is 13.6 Å². The van der Waals surface area contributed by atoms with Crippen LogP contribution in [0.5, 0.6) is 0 Å². The molecule has 108 valence electrons. The Kier molecular flexibility index (Phi) is 3.69. The molecule has 0 unspecified atom stereocenters. The summed E-state index contributed by atoms with van der Waals surface area (Å²) in [6.45, 7) is 0.500. The second kappa shape index (κ2) is 5.50. The zero-order valence-corrected chi connectivity index (χ0v) is 13.3. The fourth-order valence-corrected chi connectivity index (χ4v) is 3.70. The third-order valence-corrected chi connectivity index (χ3v) is 5.06. The Hall–Kier alpha value is -1.85. The third kappa shape index (κ3) is 2.54. The lowest BCUT2D eigenvalue weighted by Crippen LogP contribution is -2.26. The van der Waals surface area contributed by atoms with Crippen LogP contribution < -0.4 is 0 Å². The van der Waals surface area contributed by atoms with Crippen LogP contribution in [0.15, 0.2) is 36.5 Å². The summed E-state index contributed by atoms with van der Waals surface area (Å²) in [7, 11) is 3.64. The first kappa shape index (κ1) is 14.1. The number of benzene rings is 1. The van der Waals surface area contributed by atoms with E-state index in [1.165, 1.54) is 11.3 Å². The monoisotopic (exact) mass is 319 g/mol. The number of carbonyl (C=O) groups excluding carboxylic acids is 1. The molecule has 1 amide bonds. The lowest BCUT2D eigenvalue weighted by Gasteiger charge is -2.16. The number of rotatable bonds is 3. The summed E-state index contributed by atoms with van der Waals surface area (Å²) in [6.07, 6.45) is 1.72. The van der Waals surface area contributed by atoms with Gasteiger partial charge in [-0.3, -0.25) is 9.48 Å². The van der Waals surface area contributed by atoms with Crippen molar-refractivity contribution in [3.8, 4) is 0 Å². The van der Waals surface area contributed by atoms with Crippen LogP contribution in [0.1, 0.15) is 15.4 Å². The van der Waals surface area contributed by atoms with E-state index in [1.807, 2.05) is 37.4 Å². The van der Waals surface area contributed by atoms with Crippen LogP contribution in [0, 0.1) is 0 Å². The van der Waals surface area contributed by atoms with Gasteiger partial charge in [-0.1, -0.05) is 29.8 Å². The fraction of sp³-hybridized carbons (Fsp3) is 0.200. The molecule has 2 heterocycles. The number of amides is 1. The Bertz CT molecular complexity index is 808. The lowest BCUT2D eigenvalue weighted by atomic mass is 10.2. The first-order chi connectivity index (χ1) is 10.1. The third-order valence-electron chi connectivity index (χ3n) is 3.40. The quantitative estimate of drug-likeness (QED) is 0.740. The number of hydrogen-bond acceptors (Lipinski definition) is 3. The molecule has 1 aromatic carbocycles. The van der Waals surface area contributed by atoms with Gasteiger partial charge in [-0.2, -0.15) is 5.10 Å². The van der Waals surface area contributed by atoms with Gasteiger partial charge in [-0.15, -0.1) is 11.3 Å². The molecule has 4 nitrogen and oxygen atoms in total. The maximum absolute atomic E-state index is 12.6. The Balaban J connectivity index is 1.89. The van der Waals surface area contributed by atoms with E-state index < -0.39 is 0 Å². The SMILES string of the molecule is CN(Cc1ccnn1C)C(=O)c1sc2ccccc2c1Cl. The molecule has 0 atom stereocenters. The highest BCUT2D eigenvalue weighted by Gasteiger charge is 2.20. The summed E-state index contributed by atoms with van der Waals surface area (Å²) in [6, 6.07) is 9.68. The minimum Gasteiger partial charge on any atom is -0.335 e. The minimum absolute atomic E-state index is 0.0672. The molecule has 0 fully saturated rings. The lowest BCUT2D eigenvalue weighted by molar-refractivity contribution is 0.0787. The highest BCUT2D eigenvalue weighted by atomic mass is 35.5. The number of hydrogen-bond donors (Lipinski definition) is 0. The largest absolute Gasteiger partial charge is 0.335 e. The molecule has 0 N–H and O–H groups in total. The van der Waals surface area contributed by atoms with Crippen LogP contribution in [0.3, 0.4) is 0 Å². The number of thiophene rings is 1. The molecular formula is C15H14ClN3OS. The van der Waals surface area contributed by atoms with E-state index in [-0.39, 0.29) is 5.91 Å². The van der Waals surface area contributed by atoms with Gasteiger partial charge in [0.05, 0.1) is 17.3 Å². The van der Waals surface area contributed by atoms with Crippen molar-refractivity contribution in [3.63, 3.8) is 0 Å². The molecule has 0 saturated heterocycles. The van der Waals surface area contributed by atoms with Crippen LogP contribution in [-0.4, -0.2) is 27.6 Å². The second-order valence-corrected chi connectivity index (χ2v) is 6.28. The predicted molar refractivity (Wildman–Crippen MR) is 85.8 cm³/mol. The zero-order valence-electron chi connectivity index (χ0n) is 11.7. The summed E-state index contributed by atoms with van der Waals surface area (Å²) in [5, 5.41) is 5.58. The van der Waals surface area contributed by atoms with E-state index in [2.05, 4.69) is 5.10 Å². The van der Waals surface area contributed by atoms with Gasteiger partial charge < -0.3 is 4.90 Å². The van der Waals surface area contributed by atoms with Crippen LogP contribution >= 0.6 is 22.9 Å². The number of fused-ring (bicyclic) bond motifs is 1. The standard InChI is InChI=1S/C15H14ClN3OS/c1-18(9-10-7-8-17-19(10)2)15(20)14-13(16)11-5-3-4-6-12(11)21-14/h3-8H,9H2,1-2H3. The number of carbonyl (C=O) groups is 1. The molecule has 6 heteroatoms. The van der Waals surface area contributed by atoms with Crippen molar-refractivity contribution in [1.29, 1.82) is 0 Å². The molecule has 0 spiro atoms. The number of nitrogens with zero attached hydrogens (tertiary/aromatic N) is 3. The van der Waals surface area contributed by atoms with E-state index in [0.29, 0.717) is 16.4 Å². The molecule has 0 aliphatic rings. The molecule has 3 rings (SSSR count). The summed E-state index contributed by atoms with van der Waals surface area (Å²) in [5.74, 6) is -0.0672. The van der Waals surface area contributed by atoms with E-state index in [1.54, 1.807) is 22.8 Å². The van der Waals surface area contributed by atoms with Gasteiger partial charge >= 0.3 is 0 Å².